The predicted molar refractivity (Wildman–Crippen MR) is 63.7 cm³/mol. The molecular weight excluding hydrogens is 227 g/mol. The summed E-state index contributed by atoms with van der Waals surface area (Å²) in [4.78, 5) is 1.66. The maximum atomic E-state index is 13.3. The van der Waals surface area contributed by atoms with Crippen LogP contribution in [0.1, 0.15) is 0 Å². The van der Waals surface area contributed by atoms with Gasteiger partial charge in [0, 0.05) is 25.2 Å². The lowest BCUT2D eigenvalue weighted by Gasteiger charge is -2.25. The first-order valence-electron chi connectivity index (χ1n) is 5.23. The van der Waals surface area contributed by atoms with E-state index in [0.717, 1.165) is 6.07 Å². The molecule has 0 radical (unpaired) electrons. The molecule has 96 valence electrons. The summed E-state index contributed by atoms with van der Waals surface area (Å²) >= 11 is 0. The number of methoxy groups -OCH3 is 1. The van der Waals surface area contributed by atoms with Crippen LogP contribution in [0.5, 0.6) is 5.75 Å². The average molecular weight is 244 g/mol. The van der Waals surface area contributed by atoms with Crippen LogP contribution in [-0.2, 0) is 0 Å². The van der Waals surface area contributed by atoms with Crippen molar-refractivity contribution in [2.45, 2.75) is 0 Å². The van der Waals surface area contributed by atoms with E-state index in [2.05, 4.69) is 0 Å². The largest absolute Gasteiger partial charge is 0.494 e. The van der Waals surface area contributed by atoms with Gasteiger partial charge in [-0.1, -0.05) is 0 Å². The summed E-state index contributed by atoms with van der Waals surface area (Å²) in [5.74, 6) is -0.461. The Kier molecular flexibility index (Phi) is 4.99. The normalized spacial score (nSPS) is 10.4. The summed E-state index contributed by atoms with van der Waals surface area (Å²) in [6, 6.07) is 2.62. The zero-order valence-corrected chi connectivity index (χ0v) is 9.69. The van der Waals surface area contributed by atoms with E-state index >= 15 is 0 Å². The lowest BCUT2D eigenvalue weighted by Crippen LogP contribution is -2.30. The number of anilines is 2. The third-order valence-electron chi connectivity index (χ3n) is 2.38. The van der Waals surface area contributed by atoms with Crippen molar-refractivity contribution in [3.8, 4) is 5.75 Å². The molecule has 0 amide bonds. The van der Waals surface area contributed by atoms with Gasteiger partial charge in [-0.3, -0.25) is 0 Å². The number of rotatable bonds is 6. The molecule has 6 heteroatoms. The highest BCUT2D eigenvalue weighted by atomic mass is 19.1. The van der Waals surface area contributed by atoms with Gasteiger partial charge < -0.3 is 25.6 Å². The number of hydrogen-bond donors (Lipinski definition) is 3. The van der Waals surface area contributed by atoms with Crippen LogP contribution in [0.3, 0.4) is 0 Å². The summed E-state index contributed by atoms with van der Waals surface area (Å²) in [5, 5.41) is 17.9. The van der Waals surface area contributed by atoms with Gasteiger partial charge in [0.2, 0.25) is 0 Å². The van der Waals surface area contributed by atoms with E-state index < -0.39 is 5.82 Å². The van der Waals surface area contributed by atoms with Crippen molar-refractivity contribution in [2.24, 2.45) is 0 Å². The van der Waals surface area contributed by atoms with Crippen LogP contribution in [0.15, 0.2) is 12.1 Å². The van der Waals surface area contributed by atoms with Gasteiger partial charge in [0.05, 0.1) is 31.7 Å². The SMILES string of the molecule is COc1cc(N(CCO)CCO)c(N)cc1F. The van der Waals surface area contributed by atoms with Crippen molar-refractivity contribution >= 4 is 11.4 Å². The quantitative estimate of drug-likeness (QED) is 0.623. The number of nitrogens with two attached hydrogens (primary N) is 1. The Morgan fingerprint density at radius 2 is 1.88 bits per heavy atom. The summed E-state index contributed by atoms with van der Waals surface area (Å²) < 4.78 is 18.2. The molecule has 0 unspecified atom stereocenters. The number of hydrogen-bond acceptors (Lipinski definition) is 5. The Hall–Kier alpha value is -1.53. The van der Waals surface area contributed by atoms with Gasteiger partial charge in [-0.25, -0.2) is 4.39 Å². The van der Waals surface area contributed by atoms with Gasteiger partial charge in [-0.2, -0.15) is 0 Å². The summed E-state index contributed by atoms with van der Waals surface area (Å²) in [6.07, 6.45) is 0. The third kappa shape index (κ3) is 3.21. The fourth-order valence-electron chi connectivity index (χ4n) is 1.58. The fraction of sp³-hybridized carbons (Fsp3) is 0.455. The van der Waals surface area contributed by atoms with E-state index in [0.29, 0.717) is 18.8 Å². The first-order valence-corrected chi connectivity index (χ1v) is 5.23. The van der Waals surface area contributed by atoms with Crippen LogP contribution in [0.2, 0.25) is 0 Å². The number of halogens is 1. The summed E-state index contributed by atoms with van der Waals surface area (Å²) in [7, 11) is 1.36. The van der Waals surface area contributed by atoms with Crippen molar-refractivity contribution in [1.82, 2.24) is 0 Å². The van der Waals surface area contributed by atoms with E-state index in [1.807, 2.05) is 0 Å². The second-order valence-corrected chi connectivity index (χ2v) is 3.48. The molecule has 1 aromatic carbocycles. The summed E-state index contributed by atoms with van der Waals surface area (Å²) in [6.45, 7) is 0.442. The maximum Gasteiger partial charge on any atom is 0.167 e. The van der Waals surface area contributed by atoms with Crippen molar-refractivity contribution in [3.63, 3.8) is 0 Å². The second-order valence-electron chi connectivity index (χ2n) is 3.48. The third-order valence-corrected chi connectivity index (χ3v) is 2.38. The predicted octanol–water partition coefficient (Wildman–Crippen LogP) is 0.207. The van der Waals surface area contributed by atoms with Crippen molar-refractivity contribution in [3.05, 3.63) is 17.9 Å². The molecule has 0 saturated heterocycles. The number of benzene rings is 1. The highest BCUT2D eigenvalue weighted by Gasteiger charge is 2.13. The van der Waals surface area contributed by atoms with Gasteiger partial charge >= 0.3 is 0 Å². The van der Waals surface area contributed by atoms with Crippen LogP contribution < -0.4 is 15.4 Å². The molecule has 0 aliphatic carbocycles. The molecule has 0 spiro atoms. The Bertz CT molecular complexity index is 368. The number of nitrogens with zero attached hydrogens (tertiary/aromatic N) is 1. The highest BCUT2D eigenvalue weighted by molar-refractivity contribution is 5.70. The molecule has 1 rings (SSSR count). The van der Waals surface area contributed by atoms with Crippen molar-refractivity contribution in [2.75, 3.05) is 44.0 Å². The van der Waals surface area contributed by atoms with Gasteiger partial charge in [0.25, 0.3) is 0 Å². The van der Waals surface area contributed by atoms with Gasteiger partial charge in [0.15, 0.2) is 11.6 Å². The molecular formula is C11H17FN2O3. The molecule has 0 aliphatic rings. The maximum absolute atomic E-state index is 13.3. The van der Waals surface area contributed by atoms with Crippen molar-refractivity contribution in [1.29, 1.82) is 0 Å². The molecule has 0 heterocycles. The Morgan fingerprint density at radius 3 is 2.35 bits per heavy atom. The van der Waals surface area contributed by atoms with Crippen LogP contribution in [0.25, 0.3) is 0 Å². The zero-order valence-electron chi connectivity index (χ0n) is 9.69. The molecule has 5 nitrogen and oxygen atoms in total. The van der Waals surface area contributed by atoms with Crippen molar-refractivity contribution < 1.29 is 19.3 Å². The lowest BCUT2D eigenvalue weighted by molar-refractivity contribution is 0.281. The van der Waals surface area contributed by atoms with E-state index in [-0.39, 0.29) is 24.7 Å². The first kappa shape index (κ1) is 13.5. The van der Waals surface area contributed by atoms with Crippen LogP contribution in [0, 0.1) is 5.82 Å². The molecule has 0 atom stereocenters. The average Bonchev–Trinajstić information content (AvgIpc) is 2.29. The number of nitrogen functional groups attached to an aromatic ring is 1. The van der Waals surface area contributed by atoms with Crippen LogP contribution >= 0.6 is 0 Å². The van der Waals surface area contributed by atoms with E-state index in [1.54, 1.807) is 4.90 Å². The minimum absolute atomic E-state index is 0.0788. The van der Waals surface area contributed by atoms with Crippen LogP contribution in [-0.4, -0.2) is 43.6 Å². The van der Waals surface area contributed by atoms with E-state index in [1.165, 1.54) is 13.2 Å². The molecule has 17 heavy (non-hydrogen) atoms. The molecule has 0 saturated carbocycles. The smallest absolute Gasteiger partial charge is 0.167 e. The molecule has 4 N–H and O–H groups in total. The zero-order chi connectivity index (χ0) is 12.8. The Morgan fingerprint density at radius 1 is 1.29 bits per heavy atom. The van der Waals surface area contributed by atoms with E-state index in [9.17, 15) is 4.39 Å². The first-order chi connectivity index (χ1) is 8.13. The molecule has 0 fully saturated rings. The molecule has 1 aromatic rings. The number of aliphatic hydroxyl groups excluding tert-OH is 2. The van der Waals surface area contributed by atoms with E-state index in [4.69, 9.17) is 20.7 Å². The number of ether oxygens (including phenoxy) is 1. The number of aliphatic hydroxyl groups is 2. The minimum atomic E-state index is -0.540. The second kappa shape index (κ2) is 6.27. The Balaban J connectivity index is 3.08. The van der Waals surface area contributed by atoms with Crippen LogP contribution in [0.4, 0.5) is 15.8 Å². The topological polar surface area (TPSA) is 79.0 Å². The van der Waals surface area contributed by atoms with Gasteiger partial charge in [-0.15, -0.1) is 0 Å². The lowest BCUT2D eigenvalue weighted by atomic mass is 10.2. The molecule has 0 bridgehead atoms. The van der Waals surface area contributed by atoms with Gasteiger partial charge in [0.1, 0.15) is 0 Å². The standard InChI is InChI=1S/C11H17FN2O3/c1-17-11-7-10(9(13)6-8(11)12)14(2-4-15)3-5-16/h6-7,15-16H,2-5,13H2,1H3. The molecule has 0 aliphatic heterocycles. The Labute approximate surface area is 99.2 Å². The molecule has 0 aromatic heterocycles. The highest BCUT2D eigenvalue weighted by Crippen LogP contribution is 2.30. The monoisotopic (exact) mass is 244 g/mol. The fourth-order valence-corrected chi connectivity index (χ4v) is 1.58. The van der Waals surface area contributed by atoms with Gasteiger partial charge in [-0.05, 0) is 0 Å². The minimum Gasteiger partial charge on any atom is -0.494 e. The summed E-state index contributed by atoms with van der Waals surface area (Å²) in [5.41, 5.74) is 6.48.